The highest BCUT2D eigenvalue weighted by Gasteiger charge is 2.12. The number of phenolic OH excluding ortho intramolecular Hbond substituents is 1. The number of fused-ring (bicyclic) bond motifs is 1. The summed E-state index contributed by atoms with van der Waals surface area (Å²) in [5, 5.41) is 13.8. The van der Waals surface area contributed by atoms with Gasteiger partial charge in [-0.15, -0.1) is 0 Å². The molecule has 0 aliphatic heterocycles. The maximum atomic E-state index is 12.1. The van der Waals surface area contributed by atoms with Crippen LogP contribution in [0, 0.1) is 0 Å². The molecular weight excluding hydrogens is 288 g/mol. The van der Waals surface area contributed by atoms with Gasteiger partial charge in [-0.1, -0.05) is 29.8 Å². The number of aromatic nitrogens is 1. The van der Waals surface area contributed by atoms with Gasteiger partial charge in [0.15, 0.2) is 0 Å². The summed E-state index contributed by atoms with van der Waals surface area (Å²) in [6.45, 7) is 0. The lowest BCUT2D eigenvalue weighted by Crippen LogP contribution is -2.12. The van der Waals surface area contributed by atoms with E-state index in [9.17, 15) is 9.90 Å². The molecular formula is C16H11ClN2O2. The number of pyridine rings is 1. The first-order valence-corrected chi connectivity index (χ1v) is 6.66. The topological polar surface area (TPSA) is 62.2 Å². The summed E-state index contributed by atoms with van der Waals surface area (Å²) in [4.78, 5) is 16.4. The van der Waals surface area contributed by atoms with Gasteiger partial charge >= 0.3 is 0 Å². The monoisotopic (exact) mass is 298 g/mol. The number of nitrogens with zero attached hydrogens (tertiary/aromatic N) is 1. The van der Waals surface area contributed by atoms with Crippen molar-refractivity contribution in [3.63, 3.8) is 0 Å². The van der Waals surface area contributed by atoms with Crippen molar-refractivity contribution >= 4 is 34.1 Å². The van der Waals surface area contributed by atoms with Gasteiger partial charge in [0, 0.05) is 10.4 Å². The fourth-order valence-electron chi connectivity index (χ4n) is 2.03. The molecule has 2 N–H and O–H groups in total. The fraction of sp³-hybridized carbons (Fsp3) is 0. The van der Waals surface area contributed by atoms with Crippen molar-refractivity contribution in [2.75, 3.05) is 5.32 Å². The molecule has 0 saturated heterocycles. The van der Waals surface area contributed by atoms with E-state index in [1.165, 1.54) is 12.1 Å². The zero-order valence-corrected chi connectivity index (χ0v) is 11.6. The molecule has 4 nitrogen and oxygen atoms in total. The summed E-state index contributed by atoms with van der Waals surface area (Å²) < 4.78 is 0. The number of rotatable bonds is 2. The number of benzene rings is 2. The van der Waals surface area contributed by atoms with Crippen LogP contribution < -0.4 is 5.32 Å². The van der Waals surface area contributed by atoms with Crippen LogP contribution in [-0.4, -0.2) is 16.0 Å². The number of nitrogens with one attached hydrogen (secondary N) is 1. The van der Waals surface area contributed by atoms with E-state index < -0.39 is 5.91 Å². The van der Waals surface area contributed by atoms with Crippen molar-refractivity contribution in [3.8, 4) is 5.75 Å². The number of para-hydroxylation sites is 1. The van der Waals surface area contributed by atoms with E-state index in [0.29, 0.717) is 10.7 Å². The number of carbonyl (C=O) groups excluding carboxylic acids is 1. The average Bonchev–Trinajstić information content (AvgIpc) is 2.47. The van der Waals surface area contributed by atoms with Crippen LogP contribution in [-0.2, 0) is 0 Å². The van der Waals surface area contributed by atoms with Crippen LogP contribution >= 0.6 is 11.6 Å². The molecule has 2 aromatic carbocycles. The van der Waals surface area contributed by atoms with E-state index >= 15 is 0 Å². The molecule has 3 aromatic rings. The minimum Gasteiger partial charge on any atom is -0.507 e. The van der Waals surface area contributed by atoms with Crippen LogP contribution in [0.25, 0.3) is 10.9 Å². The molecule has 0 fully saturated rings. The minimum absolute atomic E-state index is 0.159. The Morgan fingerprint density at radius 3 is 2.76 bits per heavy atom. The number of anilines is 1. The molecule has 1 aromatic heterocycles. The van der Waals surface area contributed by atoms with Gasteiger partial charge in [-0.3, -0.25) is 9.78 Å². The standard InChI is InChI=1S/C16H11ClN2O2/c17-11-5-6-13(15(20)8-11)16(21)19-12-7-10-3-1-2-4-14(10)18-9-12/h1-9,20H,(H,19,21). The van der Waals surface area contributed by atoms with Gasteiger partial charge in [0.05, 0.1) is 23.0 Å². The SMILES string of the molecule is O=C(Nc1cnc2ccccc2c1)c1ccc(Cl)cc1O. The Balaban J connectivity index is 1.89. The van der Waals surface area contributed by atoms with Gasteiger partial charge in [0.1, 0.15) is 5.75 Å². The maximum absolute atomic E-state index is 12.1. The lowest BCUT2D eigenvalue weighted by Gasteiger charge is -2.07. The Morgan fingerprint density at radius 1 is 1.14 bits per heavy atom. The van der Waals surface area contributed by atoms with Crippen molar-refractivity contribution in [1.29, 1.82) is 0 Å². The van der Waals surface area contributed by atoms with Crippen LogP contribution in [0.1, 0.15) is 10.4 Å². The summed E-state index contributed by atoms with van der Waals surface area (Å²) in [7, 11) is 0. The largest absolute Gasteiger partial charge is 0.507 e. The highest BCUT2D eigenvalue weighted by atomic mass is 35.5. The number of carbonyl (C=O) groups is 1. The maximum Gasteiger partial charge on any atom is 0.259 e. The van der Waals surface area contributed by atoms with Crippen molar-refractivity contribution in [2.45, 2.75) is 0 Å². The first-order chi connectivity index (χ1) is 10.1. The zero-order valence-electron chi connectivity index (χ0n) is 10.9. The molecule has 0 aliphatic carbocycles. The van der Waals surface area contributed by atoms with Gasteiger partial charge in [-0.2, -0.15) is 0 Å². The summed E-state index contributed by atoms with van der Waals surface area (Å²) in [5.74, 6) is -0.574. The molecule has 3 rings (SSSR count). The third-order valence-electron chi connectivity index (χ3n) is 3.05. The van der Waals surface area contributed by atoms with Crippen LogP contribution in [0.3, 0.4) is 0 Å². The second-order valence-electron chi connectivity index (χ2n) is 4.53. The van der Waals surface area contributed by atoms with Crippen LogP contribution in [0.4, 0.5) is 5.69 Å². The van der Waals surface area contributed by atoms with Crippen molar-refractivity contribution in [3.05, 3.63) is 65.3 Å². The average molecular weight is 299 g/mol. The Bertz CT molecular complexity index is 833. The van der Waals surface area contributed by atoms with E-state index in [0.717, 1.165) is 10.9 Å². The Kier molecular flexibility index (Phi) is 3.46. The second-order valence-corrected chi connectivity index (χ2v) is 4.97. The molecule has 0 radical (unpaired) electrons. The van der Waals surface area contributed by atoms with Gasteiger partial charge in [-0.05, 0) is 30.3 Å². The molecule has 21 heavy (non-hydrogen) atoms. The molecule has 1 amide bonds. The smallest absolute Gasteiger partial charge is 0.259 e. The number of hydrogen-bond donors (Lipinski definition) is 2. The molecule has 5 heteroatoms. The number of aromatic hydroxyl groups is 1. The summed E-state index contributed by atoms with van der Waals surface area (Å²) in [5.41, 5.74) is 1.57. The summed E-state index contributed by atoms with van der Waals surface area (Å²) >= 11 is 5.75. The van der Waals surface area contributed by atoms with Crippen LogP contribution in [0.2, 0.25) is 5.02 Å². The van der Waals surface area contributed by atoms with Gasteiger partial charge in [0.25, 0.3) is 5.91 Å². The third kappa shape index (κ3) is 2.80. The number of phenols is 1. The number of amides is 1. The highest BCUT2D eigenvalue weighted by molar-refractivity contribution is 6.31. The summed E-state index contributed by atoms with van der Waals surface area (Å²) in [6.07, 6.45) is 1.58. The van der Waals surface area contributed by atoms with Crippen LogP contribution in [0.15, 0.2) is 54.7 Å². The van der Waals surface area contributed by atoms with Gasteiger partial charge in [-0.25, -0.2) is 0 Å². The molecule has 0 unspecified atom stereocenters. The second kappa shape index (κ2) is 5.42. The molecule has 104 valence electrons. The third-order valence-corrected chi connectivity index (χ3v) is 3.29. The molecule has 0 aliphatic rings. The molecule has 0 bridgehead atoms. The van der Waals surface area contributed by atoms with E-state index in [2.05, 4.69) is 10.3 Å². The van der Waals surface area contributed by atoms with Gasteiger partial charge in [0.2, 0.25) is 0 Å². The predicted molar refractivity (Wildman–Crippen MR) is 82.8 cm³/mol. The Hall–Kier alpha value is -2.59. The van der Waals surface area contributed by atoms with Crippen molar-refractivity contribution in [2.24, 2.45) is 0 Å². The van der Waals surface area contributed by atoms with E-state index in [-0.39, 0.29) is 11.3 Å². The van der Waals surface area contributed by atoms with Crippen molar-refractivity contribution in [1.82, 2.24) is 4.98 Å². The lowest BCUT2D eigenvalue weighted by molar-refractivity contribution is 0.102. The fourth-order valence-corrected chi connectivity index (χ4v) is 2.20. The van der Waals surface area contributed by atoms with E-state index in [4.69, 9.17) is 11.6 Å². The van der Waals surface area contributed by atoms with Crippen molar-refractivity contribution < 1.29 is 9.90 Å². The minimum atomic E-state index is -0.416. The van der Waals surface area contributed by atoms with Gasteiger partial charge < -0.3 is 10.4 Å². The Labute approximate surface area is 126 Å². The quantitative estimate of drug-likeness (QED) is 0.755. The highest BCUT2D eigenvalue weighted by Crippen LogP contribution is 2.23. The first-order valence-electron chi connectivity index (χ1n) is 6.28. The molecule has 0 spiro atoms. The molecule has 0 atom stereocenters. The zero-order chi connectivity index (χ0) is 14.8. The van der Waals surface area contributed by atoms with Crippen LogP contribution in [0.5, 0.6) is 5.75 Å². The predicted octanol–water partition coefficient (Wildman–Crippen LogP) is 3.85. The first kappa shape index (κ1) is 13.4. The Morgan fingerprint density at radius 2 is 1.95 bits per heavy atom. The number of hydrogen-bond acceptors (Lipinski definition) is 3. The normalized spacial score (nSPS) is 10.5. The van der Waals surface area contributed by atoms with E-state index in [1.54, 1.807) is 12.3 Å². The lowest BCUT2D eigenvalue weighted by atomic mass is 10.1. The molecule has 0 saturated carbocycles. The van der Waals surface area contributed by atoms with E-state index in [1.807, 2.05) is 30.3 Å². The number of halogens is 1. The summed E-state index contributed by atoms with van der Waals surface area (Å²) in [6, 6.07) is 13.8. The molecule has 1 heterocycles.